The van der Waals surface area contributed by atoms with Crippen molar-refractivity contribution in [2.45, 2.75) is 20.3 Å². The lowest BCUT2D eigenvalue weighted by atomic mass is 10.1. The molecular weight excluding hydrogens is 228 g/mol. The molecule has 0 aliphatic carbocycles. The Morgan fingerprint density at radius 1 is 1.39 bits per heavy atom. The smallest absolute Gasteiger partial charge is 0.252 e. The minimum atomic E-state index is -0.0143. The summed E-state index contributed by atoms with van der Waals surface area (Å²) in [6.07, 6.45) is 0.784. The van der Waals surface area contributed by atoms with E-state index in [-0.39, 0.29) is 12.5 Å². The maximum atomic E-state index is 12.1. The molecule has 0 aliphatic heterocycles. The van der Waals surface area contributed by atoms with Crippen molar-refractivity contribution in [3.05, 3.63) is 29.8 Å². The molecule has 0 atom stereocenters. The summed E-state index contributed by atoms with van der Waals surface area (Å²) in [4.78, 5) is 13.9. The van der Waals surface area contributed by atoms with E-state index >= 15 is 0 Å². The molecule has 0 fully saturated rings. The molecular formula is C14H22N2O2. The molecule has 1 aromatic rings. The molecule has 0 aromatic heterocycles. The number of nitrogens with two attached hydrogens (primary N) is 1. The van der Waals surface area contributed by atoms with Gasteiger partial charge in [-0.1, -0.05) is 18.2 Å². The fourth-order valence-corrected chi connectivity index (χ4v) is 1.76. The van der Waals surface area contributed by atoms with E-state index in [0.29, 0.717) is 19.7 Å². The lowest BCUT2D eigenvalue weighted by Crippen LogP contribution is -2.36. The van der Waals surface area contributed by atoms with Gasteiger partial charge in [-0.3, -0.25) is 4.79 Å². The summed E-state index contributed by atoms with van der Waals surface area (Å²) >= 11 is 0. The summed E-state index contributed by atoms with van der Waals surface area (Å²) in [7, 11) is 0. The van der Waals surface area contributed by atoms with Crippen LogP contribution in [0, 0.1) is 6.92 Å². The summed E-state index contributed by atoms with van der Waals surface area (Å²) in [5.74, 6) is -0.0143. The highest BCUT2D eigenvalue weighted by molar-refractivity contribution is 5.94. The first-order valence-electron chi connectivity index (χ1n) is 6.34. The van der Waals surface area contributed by atoms with E-state index in [4.69, 9.17) is 10.5 Å². The van der Waals surface area contributed by atoms with Crippen LogP contribution in [0.3, 0.4) is 0 Å². The van der Waals surface area contributed by atoms with Crippen LogP contribution in [0.5, 0.6) is 0 Å². The molecule has 1 aromatic carbocycles. The Morgan fingerprint density at radius 2 is 2.11 bits per heavy atom. The van der Waals surface area contributed by atoms with Gasteiger partial charge in [-0.2, -0.15) is 0 Å². The predicted molar refractivity (Wildman–Crippen MR) is 73.7 cm³/mol. The van der Waals surface area contributed by atoms with E-state index in [0.717, 1.165) is 17.7 Å². The van der Waals surface area contributed by atoms with Gasteiger partial charge in [-0.25, -0.2) is 0 Å². The average molecular weight is 250 g/mol. The summed E-state index contributed by atoms with van der Waals surface area (Å²) in [5, 5.41) is 0. The SMILES string of the molecule is CCOCC(=O)N(CCCN)c1ccccc1C. The van der Waals surface area contributed by atoms with Crippen LogP contribution in [-0.4, -0.2) is 32.2 Å². The molecule has 0 saturated heterocycles. The largest absolute Gasteiger partial charge is 0.372 e. The third-order valence-corrected chi connectivity index (χ3v) is 2.72. The average Bonchev–Trinajstić information content (AvgIpc) is 2.38. The van der Waals surface area contributed by atoms with Crippen molar-refractivity contribution < 1.29 is 9.53 Å². The van der Waals surface area contributed by atoms with Crippen molar-refractivity contribution in [3.8, 4) is 0 Å². The number of benzene rings is 1. The second-order valence-electron chi connectivity index (χ2n) is 4.11. The Labute approximate surface area is 109 Å². The Bertz CT molecular complexity index is 380. The number of ether oxygens (including phenoxy) is 1. The number of hydrogen-bond acceptors (Lipinski definition) is 3. The van der Waals surface area contributed by atoms with Crippen molar-refractivity contribution in [2.24, 2.45) is 5.73 Å². The molecule has 4 nitrogen and oxygen atoms in total. The normalized spacial score (nSPS) is 10.4. The first-order valence-corrected chi connectivity index (χ1v) is 6.34. The summed E-state index contributed by atoms with van der Waals surface area (Å²) < 4.78 is 5.20. The molecule has 2 N–H and O–H groups in total. The topological polar surface area (TPSA) is 55.6 Å². The van der Waals surface area contributed by atoms with Crippen molar-refractivity contribution in [1.29, 1.82) is 0 Å². The Balaban J connectivity index is 2.83. The Morgan fingerprint density at radius 3 is 2.72 bits per heavy atom. The van der Waals surface area contributed by atoms with E-state index in [1.165, 1.54) is 0 Å². The van der Waals surface area contributed by atoms with Gasteiger partial charge >= 0.3 is 0 Å². The molecule has 0 spiro atoms. The number of anilines is 1. The van der Waals surface area contributed by atoms with E-state index in [1.807, 2.05) is 38.1 Å². The summed E-state index contributed by atoms with van der Waals surface area (Å²) in [6, 6.07) is 7.85. The van der Waals surface area contributed by atoms with E-state index in [1.54, 1.807) is 4.90 Å². The zero-order valence-corrected chi connectivity index (χ0v) is 11.2. The molecule has 18 heavy (non-hydrogen) atoms. The molecule has 0 unspecified atom stereocenters. The van der Waals surface area contributed by atoms with Crippen LogP contribution in [0.15, 0.2) is 24.3 Å². The van der Waals surface area contributed by atoms with Gasteiger partial charge < -0.3 is 15.4 Å². The highest BCUT2D eigenvalue weighted by Gasteiger charge is 2.16. The quantitative estimate of drug-likeness (QED) is 0.801. The predicted octanol–water partition coefficient (Wildman–Crippen LogP) is 1.71. The third-order valence-electron chi connectivity index (χ3n) is 2.72. The molecule has 0 bridgehead atoms. The van der Waals surface area contributed by atoms with Crippen LogP contribution in [0.4, 0.5) is 5.69 Å². The fourth-order valence-electron chi connectivity index (χ4n) is 1.76. The van der Waals surface area contributed by atoms with Gasteiger partial charge in [-0.15, -0.1) is 0 Å². The molecule has 0 aliphatic rings. The Hall–Kier alpha value is -1.39. The highest BCUT2D eigenvalue weighted by atomic mass is 16.5. The van der Waals surface area contributed by atoms with Crippen LogP contribution in [0.25, 0.3) is 0 Å². The van der Waals surface area contributed by atoms with Gasteiger partial charge in [0.15, 0.2) is 0 Å². The van der Waals surface area contributed by atoms with E-state index in [9.17, 15) is 4.79 Å². The molecule has 4 heteroatoms. The third kappa shape index (κ3) is 4.13. The van der Waals surface area contributed by atoms with E-state index < -0.39 is 0 Å². The molecule has 0 radical (unpaired) electrons. The van der Waals surface area contributed by atoms with Crippen LogP contribution < -0.4 is 10.6 Å². The van der Waals surface area contributed by atoms with Crippen LogP contribution in [-0.2, 0) is 9.53 Å². The van der Waals surface area contributed by atoms with Gasteiger partial charge in [0.05, 0.1) is 0 Å². The molecule has 1 rings (SSSR count). The number of carbonyl (C=O) groups is 1. The molecule has 100 valence electrons. The van der Waals surface area contributed by atoms with Crippen LogP contribution >= 0.6 is 0 Å². The number of hydrogen-bond donors (Lipinski definition) is 1. The van der Waals surface area contributed by atoms with Gasteiger partial charge in [-0.05, 0) is 38.4 Å². The summed E-state index contributed by atoms with van der Waals surface area (Å²) in [5.41, 5.74) is 7.55. The molecule has 0 saturated carbocycles. The zero-order chi connectivity index (χ0) is 13.4. The number of amides is 1. The minimum absolute atomic E-state index is 0.0143. The lowest BCUT2D eigenvalue weighted by molar-refractivity contribution is -0.123. The second-order valence-corrected chi connectivity index (χ2v) is 4.11. The summed E-state index contributed by atoms with van der Waals surface area (Å²) in [6.45, 7) is 5.75. The monoisotopic (exact) mass is 250 g/mol. The van der Waals surface area contributed by atoms with Crippen molar-refractivity contribution in [3.63, 3.8) is 0 Å². The highest BCUT2D eigenvalue weighted by Crippen LogP contribution is 2.19. The molecule has 1 amide bonds. The second kappa shape index (κ2) is 7.84. The first-order chi connectivity index (χ1) is 8.70. The van der Waals surface area contributed by atoms with Crippen molar-refractivity contribution in [1.82, 2.24) is 0 Å². The van der Waals surface area contributed by atoms with Gasteiger partial charge in [0.25, 0.3) is 5.91 Å². The Kier molecular flexibility index (Phi) is 6.39. The maximum Gasteiger partial charge on any atom is 0.252 e. The van der Waals surface area contributed by atoms with Crippen LogP contribution in [0.2, 0.25) is 0 Å². The number of nitrogens with zero attached hydrogens (tertiary/aromatic N) is 1. The van der Waals surface area contributed by atoms with Crippen LogP contribution in [0.1, 0.15) is 18.9 Å². The standard InChI is InChI=1S/C14H22N2O2/c1-3-18-11-14(17)16(10-6-9-15)13-8-5-4-7-12(13)2/h4-5,7-8H,3,6,9-11,15H2,1-2H3. The number of carbonyl (C=O) groups excluding carboxylic acids is 1. The number of rotatable bonds is 7. The van der Waals surface area contributed by atoms with Gasteiger partial charge in [0.2, 0.25) is 0 Å². The maximum absolute atomic E-state index is 12.1. The zero-order valence-electron chi connectivity index (χ0n) is 11.2. The van der Waals surface area contributed by atoms with Crippen molar-refractivity contribution in [2.75, 3.05) is 31.2 Å². The first kappa shape index (κ1) is 14.7. The molecule has 0 heterocycles. The van der Waals surface area contributed by atoms with Crippen molar-refractivity contribution >= 4 is 11.6 Å². The van der Waals surface area contributed by atoms with Gasteiger partial charge in [0.1, 0.15) is 6.61 Å². The van der Waals surface area contributed by atoms with Gasteiger partial charge in [0, 0.05) is 18.8 Å². The number of aryl methyl sites for hydroxylation is 1. The fraction of sp³-hybridized carbons (Fsp3) is 0.500. The lowest BCUT2D eigenvalue weighted by Gasteiger charge is -2.24. The minimum Gasteiger partial charge on any atom is -0.372 e. The number of para-hydroxylation sites is 1. The van der Waals surface area contributed by atoms with E-state index in [2.05, 4.69) is 0 Å².